The molecule has 0 atom stereocenters. The number of hydrogen-bond acceptors (Lipinski definition) is 4. The van der Waals surface area contributed by atoms with Crippen LogP contribution in [0.15, 0.2) is 0 Å². The van der Waals surface area contributed by atoms with Crippen molar-refractivity contribution >= 4 is 34.2 Å². The first kappa shape index (κ1) is 14.1. The van der Waals surface area contributed by atoms with Gasteiger partial charge in [0.15, 0.2) is 0 Å². The van der Waals surface area contributed by atoms with Crippen molar-refractivity contribution < 1.29 is 4.74 Å². The summed E-state index contributed by atoms with van der Waals surface area (Å²) in [6.07, 6.45) is 0.792. The molecule has 1 rings (SSSR count). The minimum atomic E-state index is 0.468. The highest BCUT2D eigenvalue weighted by Gasteiger charge is 2.10. The summed E-state index contributed by atoms with van der Waals surface area (Å²) in [5.74, 6) is 0.770. The van der Waals surface area contributed by atoms with Crippen LogP contribution in [0.1, 0.15) is 11.5 Å². The molecule has 6 heteroatoms. The molecule has 4 nitrogen and oxygen atoms in total. The van der Waals surface area contributed by atoms with Crippen LogP contribution in [-0.4, -0.2) is 42.6 Å². The fourth-order valence-corrected chi connectivity index (χ4v) is 1.78. The number of methoxy groups -OCH3 is 1. The van der Waals surface area contributed by atoms with Crippen molar-refractivity contribution in [3.63, 3.8) is 0 Å². The van der Waals surface area contributed by atoms with E-state index in [1.807, 2.05) is 14.1 Å². The highest BCUT2D eigenvalue weighted by atomic mass is 127. The van der Waals surface area contributed by atoms with Crippen LogP contribution in [0.5, 0.6) is 0 Å². The van der Waals surface area contributed by atoms with Gasteiger partial charge >= 0.3 is 0 Å². The van der Waals surface area contributed by atoms with Crippen molar-refractivity contribution in [2.24, 2.45) is 0 Å². The largest absolute Gasteiger partial charge is 0.378 e. The molecule has 0 amide bonds. The minimum Gasteiger partial charge on any atom is -0.378 e. The topological polar surface area (TPSA) is 38.2 Å². The standard InChI is InChI=1S/C10H15ClIN3O/c1-15(2)5-4-8-13-7(6-16-3)9(12)10(11)14-8/h4-6H2,1-3H3. The Balaban J connectivity index is 2.86. The fraction of sp³-hybridized carbons (Fsp3) is 0.600. The Morgan fingerprint density at radius 3 is 2.62 bits per heavy atom. The number of rotatable bonds is 5. The van der Waals surface area contributed by atoms with Gasteiger partial charge in [-0.25, -0.2) is 9.97 Å². The monoisotopic (exact) mass is 355 g/mol. The lowest BCUT2D eigenvalue weighted by Gasteiger charge is -2.10. The molecule has 0 saturated heterocycles. The van der Waals surface area contributed by atoms with Crippen LogP contribution < -0.4 is 0 Å². The van der Waals surface area contributed by atoms with E-state index in [1.54, 1.807) is 7.11 Å². The number of nitrogens with zero attached hydrogens (tertiary/aromatic N) is 3. The molecule has 0 aliphatic carbocycles. The molecule has 0 aliphatic rings. The van der Waals surface area contributed by atoms with Gasteiger partial charge in [-0.15, -0.1) is 0 Å². The maximum Gasteiger partial charge on any atom is 0.146 e. The average Bonchev–Trinajstić information content (AvgIpc) is 2.22. The van der Waals surface area contributed by atoms with Crippen LogP contribution in [0.4, 0.5) is 0 Å². The third-order valence-corrected chi connectivity index (χ3v) is 3.72. The quantitative estimate of drug-likeness (QED) is 0.598. The Labute approximate surface area is 114 Å². The van der Waals surface area contributed by atoms with E-state index in [4.69, 9.17) is 16.3 Å². The molecular weight excluding hydrogens is 340 g/mol. The molecule has 1 aromatic heterocycles. The maximum atomic E-state index is 6.04. The molecule has 0 bridgehead atoms. The molecular formula is C10H15ClIN3O. The molecule has 0 N–H and O–H groups in total. The van der Waals surface area contributed by atoms with Crippen molar-refractivity contribution in [3.05, 3.63) is 20.2 Å². The predicted molar refractivity (Wildman–Crippen MR) is 72.7 cm³/mol. The van der Waals surface area contributed by atoms with Crippen LogP contribution in [0.25, 0.3) is 0 Å². The van der Waals surface area contributed by atoms with Crippen LogP contribution in [-0.2, 0) is 17.8 Å². The predicted octanol–water partition coefficient (Wildman–Crippen LogP) is 1.99. The van der Waals surface area contributed by atoms with Gasteiger partial charge in [-0.05, 0) is 36.7 Å². The lowest BCUT2D eigenvalue weighted by molar-refractivity contribution is 0.180. The van der Waals surface area contributed by atoms with Crippen LogP contribution in [0, 0.1) is 3.57 Å². The summed E-state index contributed by atoms with van der Waals surface area (Å²) in [6.45, 7) is 1.37. The Morgan fingerprint density at radius 1 is 1.38 bits per heavy atom. The second-order valence-electron chi connectivity index (χ2n) is 3.68. The van der Waals surface area contributed by atoms with Gasteiger partial charge in [0.2, 0.25) is 0 Å². The summed E-state index contributed by atoms with van der Waals surface area (Å²) in [4.78, 5) is 10.8. The normalized spacial score (nSPS) is 11.1. The number of aromatic nitrogens is 2. The minimum absolute atomic E-state index is 0.468. The first-order chi connectivity index (χ1) is 7.54. The Kier molecular flexibility index (Phi) is 5.88. The van der Waals surface area contributed by atoms with Gasteiger partial charge in [0, 0.05) is 20.1 Å². The van der Waals surface area contributed by atoms with Gasteiger partial charge in [0.05, 0.1) is 15.9 Å². The second kappa shape index (κ2) is 6.68. The van der Waals surface area contributed by atoms with E-state index in [2.05, 4.69) is 37.5 Å². The Morgan fingerprint density at radius 2 is 2.06 bits per heavy atom. The summed E-state index contributed by atoms with van der Waals surface area (Å²) < 4.78 is 5.95. The molecule has 0 fully saturated rings. The van der Waals surface area contributed by atoms with Crippen molar-refractivity contribution in [3.8, 4) is 0 Å². The highest BCUT2D eigenvalue weighted by Crippen LogP contribution is 2.19. The summed E-state index contributed by atoms with van der Waals surface area (Å²) in [5.41, 5.74) is 0.858. The van der Waals surface area contributed by atoms with Gasteiger partial charge in [0.25, 0.3) is 0 Å². The van der Waals surface area contributed by atoms with E-state index in [9.17, 15) is 0 Å². The lowest BCUT2D eigenvalue weighted by atomic mass is 10.3. The van der Waals surface area contributed by atoms with Gasteiger partial charge in [0.1, 0.15) is 11.0 Å². The van der Waals surface area contributed by atoms with Crippen LogP contribution in [0.2, 0.25) is 5.15 Å². The third-order valence-electron chi connectivity index (χ3n) is 1.99. The second-order valence-corrected chi connectivity index (χ2v) is 5.11. The maximum absolute atomic E-state index is 6.04. The van der Waals surface area contributed by atoms with Crippen LogP contribution in [0.3, 0.4) is 0 Å². The molecule has 90 valence electrons. The smallest absolute Gasteiger partial charge is 0.146 e. The van der Waals surface area contributed by atoms with Gasteiger partial charge in [-0.1, -0.05) is 11.6 Å². The van der Waals surface area contributed by atoms with Crippen molar-refractivity contribution in [2.75, 3.05) is 27.7 Å². The van der Waals surface area contributed by atoms with Gasteiger partial charge < -0.3 is 9.64 Å². The Bertz CT molecular complexity index is 360. The lowest BCUT2D eigenvalue weighted by Crippen LogP contribution is -2.17. The van der Waals surface area contributed by atoms with E-state index in [1.165, 1.54) is 0 Å². The first-order valence-corrected chi connectivity index (χ1v) is 6.34. The van der Waals surface area contributed by atoms with E-state index in [-0.39, 0.29) is 0 Å². The van der Waals surface area contributed by atoms with E-state index in [0.717, 1.165) is 28.1 Å². The molecule has 1 aromatic rings. The number of ether oxygens (including phenoxy) is 1. The average molecular weight is 356 g/mol. The van der Waals surface area contributed by atoms with E-state index >= 15 is 0 Å². The van der Waals surface area contributed by atoms with Crippen molar-refractivity contribution in [1.82, 2.24) is 14.9 Å². The van der Waals surface area contributed by atoms with Crippen LogP contribution >= 0.6 is 34.2 Å². The zero-order valence-electron chi connectivity index (χ0n) is 9.63. The molecule has 0 aromatic carbocycles. The highest BCUT2D eigenvalue weighted by molar-refractivity contribution is 14.1. The molecule has 0 aliphatic heterocycles. The summed E-state index contributed by atoms with van der Waals surface area (Å²) >= 11 is 8.18. The Hall–Kier alpha value is 0.0200. The molecule has 0 spiro atoms. The fourth-order valence-electron chi connectivity index (χ4n) is 1.18. The molecule has 0 radical (unpaired) electrons. The van der Waals surface area contributed by atoms with Crippen molar-refractivity contribution in [2.45, 2.75) is 13.0 Å². The molecule has 16 heavy (non-hydrogen) atoms. The van der Waals surface area contributed by atoms with Gasteiger partial charge in [-0.3, -0.25) is 0 Å². The van der Waals surface area contributed by atoms with Gasteiger partial charge in [-0.2, -0.15) is 0 Å². The molecule has 1 heterocycles. The SMILES string of the molecule is COCc1nc(CCN(C)C)nc(Cl)c1I. The zero-order chi connectivity index (χ0) is 12.1. The summed E-state index contributed by atoms with van der Waals surface area (Å²) in [5, 5.41) is 0.511. The van der Waals surface area contributed by atoms with Crippen molar-refractivity contribution in [1.29, 1.82) is 0 Å². The number of halogens is 2. The van der Waals surface area contributed by atoms with E-state index < -0.39 is 0 Å². The number of hydrogen-bond donors (Lipinski definition) is 0. The first-order valence-electron chi connectivity index (χ1n) is 4.89. The molecule has 0 saturated carbocycles. The molecule has 0 unspecified atom stereocenters. The summed E-state index contributed by atoms with van der Waals surface area (Å²) in [6, 6.07) is 0. The summed E-state index contributed by atoms with van der Waals surface area (Å²) in [7, 11) is 5.68. The number of likely N-dealkylation sites (N-methyl/N-ethyl adjacent to an activating group) is 1. The zero-order valence-corrected chi connectivity index (χ0v) is 12.5. The third kappa shape index (κ3) is 4.12. The van der Waals surface area contributed by atoms with E-state index in [0.29, 0.717) is 11.8 Å².